The van der Waals surface area contributed by atoms with Crippen LogP contribution < -0.4 is 5.32 Å². The summed E-state index contributed by atoms with van der Waals surface area (Å²) in [5, 5.41) is 2.83. The van der Waals surface area contributed by atoms with Crippen LogP contribution in [0.25, 0.3) is 0 Å². The van der Waals surface area contributed by atoms with Crippen molar-refractivity contribution in [1.82, 2.24) is 0 Å². The van der Waals surface area contributed by atoms with Crippen LogP contribution in [0.4, 0.5) is 5.69 Å². The fraction of sp³-hybridized carbons (Fsp3) is 0.500. The fourth-order valence-electron chi connectivity index (χ4n) is 1.88. The minimum Gasteiger partial charge on any atom is -0.462 e. The van der Waals surface area contributed by atoms with Gasteiger partial charge < -0.3 is 14.8 Å². The molecule has 1 fully saturated rings. The molecule has 1 N–H and O–H groups in total. The molecule has 0 atom stereocenters. The Morgan fingerprint density at radius 3 is 2.43 bits per heavy atom. The van der Waals surface area contributed by atoms with E-state index in [9.17, 15) is 9.59 Å². The van der Waals surface area contributed by atoms with Gasteiger partial charge in [0.05, 0.1) is 12.2 Å². The molecule has 2 rings (SSSR count). The van der Waals surface area contributed by atoms with Crippen LogP contribution in [0.5, 0.6) is 0 Å². The molecule has 0 heterocycles. The Kier molecular flexibility index (Phi) is 5.75. The van der Waals surface area contributed by atoms with E-state index in [-0.39, 0.29) is 17.8 Å². The SMILES string of the molecule is COCCCCOC(=O)c1ccc(NC(=O)C2CC2)cc1. The molecular weight excluding hydrogens is 270 g/mol. The molecule has 1 amide bonds. The van der Waals surface area contributed by atoms with Crippen molar-refractivity contribution < 1.29 is 19.1 Å². The number of hydrogen-bond donors (Lipinski definition) is 1. The lowest BCUT2D eigenvalue weighted by Gasteiger charge is -2.07. The molecular formula is C16H21NO4. The van der Waals surface area contributed by atoms with Crippen LogP contribution in [0.3, 0.4) is 0 Å². The van der Waals surface area contributed by atoms with Crippen LogP contribution in [0, 0.1) is 5.92 Å². The molecule has 1 aromatic rings. The number of nitrogens with one attached hydrogen (secondary N) is 1. The van der Waals surface area contributed by atoms with Gasteiger partial charge in [-0.1, -0.05) is 0 Å². The minimum absolute atomic E-state index is 0.0588. The van der Waals surface area contributed by atoms with Crippen molar-refractivity contribution in [2.24, 2.45) is 5.92 Å². The lowest BCUT2D eigenvalue weighted by Crippen LogP contribution is -2.13. The molecule has 0 bridgehead atoms. The standard InChI is InChI=1S/C16H21NO4/c1-20-10-2-3-11-21-16(19)13-6-8-14(9-7-13)17-15(18)12-4-5-12/h6-9,12H,2-5,10-11H2,1H3,(H,17,18). The van der Waals surface area contributed by atoms with Gasteiger partial charge in [0, 0.05) is 25.3 Å². The summed E-state index contributed by atoms with van der Waals surface area (Å²) in [6.07, 6.45) is 3.60. The number of hydrogen-bond acceptors (Lipinski definition) is 4. The zero-order valence-electron chi connectivity index (χ0n) is 12.3. The first kappa shape index (κ1) is 15.5. The summed E-state index contributed by atoms with van der Waals surface area (Å²) >= 11 is 0. The molecule has 5 nitrogen and oxygen atoms in total. The molecule has 1 saturated carbocycles. The number of carbonyl (C=O) groups is 2. The van der Waals surface area contributed by atoms with E-state index in [1.165, 1.54) is 0 Å². The molecule has 21 heavy (non-hydrogen) atoms. The van der Waals surface area contributed by atoms with Crippen LogP contribution in [0.2, 0.25) is 0 Å². The second-order valence-corrected chi connectivity index (χ2v) is 5.18. The molecule has 0 unspecified atom stereocenters. The van der Waals surface area contributed by atoms with Crippen LogP contribution in [0.1, 0.15) is 36.0 Å². The van der Waals surface area contributed by atoms with Gasteiger partial charge in [0.25, 0.3) is 0 Å². The zero-order chi connectivity index (χ0) is 15.1. The van der Waals surface area contributed by atoms with Gasteiger partial charge in [-0.05, 0) is 49.9 Å². The van der Waals surface area contributed by atoms with E-state index in [1.54, 1.807) is 31.4 Å². The first-order chi connectivity index (χ1) is 10.2. The second kappa shape index (κ2) is 7.78. The number of ether oxygens (including phenoxy) is 2. The third kappa shape index (κ3) is 5.19. The number of benzene rings is 1. The van der Waals surface area contributed by atoms with Crippen molar-refractivity contribution in [3.8, 4) is 0 Å². The van der Waals surface area contributed by atoms with E-state index < -0.39 is 0 Å². The molecule has 0 aromatic heterocycles. The Morgan fingerprint density at radius 1 is 1.14 bits per heavy atom. The van der Waals surface area contributed by atoms with Crippen molar-refractivity contribution >= 4 is 17.6 Å². The van der Waals surface area contributed by atoms with Gasteiger partial charge >= 0.3 is 5.97 Å². The zero-order valence-corrected chi connectivity index (χ0v) is 12.3. The number of esters is 1. The van der Waals surface area contributed by atoms with Crippen molar-refractivity contribution in [1.29, 1.82) is 0 Å². The number of methoxy groups -OCH3 is 1. The molecule has 0 aliphatic heterocycles. The van der Waals surface area contributed by atoms with E-state index in [2.05, 4.69) is 5.32 Å². The molecule has 114 valence electrons. The van der Waals surface area contributed by atoms with E-state index >= 15 is 0 Å². The predicted molar refractivity (Wildman–Crippen MR) is 79.2 cm³/mol. The van der Waals surface area contributed by atoms with Crippen LogP contribution in [0.15, 0.2) is 24.3 Å². The van der Waals surface area contributed by atoms with Crippen molar-refractivity contribution in [3.05, 3.63) is 29.8 Å². The molecule has 0 radical (unpaired) electrons. The molecule has 1 aromatic carbocycles. The average Bonchev–Trinajstić information content (AvgIpc) is 3.32. The molecule has 1 aliphatic rings. The Balaban J connectivity index is 1.75. The van der Waals surface area contributed by atoms with Crippen molar-refractivity contribution in [2.45, 2.75) is 25.7 Å². The Labute approximate surface area is 124 Å². The maximum absolute atomic E-state index is 11.8. The quantitative estimate of drug-likeness (QED) is 0.590. The normalized spacial score (nSPS) is 13.8. The van der Waals surface area contributed by atoms with Gasteiger partial charge in [0.15, 0.2) is 0 Å². The summed E-state index contributed by atoms with van der Waals surface area (Å²) in [5.41, 5.74) is 1.20. The van der Waals surface area contributed by atoms with E-state index in [4.69, 9.17) is 9.47 Å². The third-order valence-corrected chi connectivity index (χ3v) is 3.31. The number of amides is 1. The van der Waals surface area contributed by atoms with Gasteiger partial charge in [-0.15, -0.1) is 0 Å². The minimum atomic E-state index is -0.340. The number of rotatable bonds is 8. The van der Waals surface area contributed by atoms with Gasteiger partial charge in [-0.2, -0.15) is 0 Å². The topological polar surface area (TPSA) is 64.6 Å². The summed E-state index contributed by atoms with van der Waals surface area (Å²) < 4.78 is 10.1. The Morgan fingerprint density at radius 2 is 1.81 bits per heavy atom. The highest BCUT2D eigenvalue weighted by Crippen LogP contribution is 2.30. The molecule has 5 heteroatoms. The van der Waals surface area contributed by atoms with Crippen molar-refractivity contribution in [2.75, 3.05) is 25.6 Å². The molecule has 1 aliphatic carbocycles. The van der Waals surface area contributed by atoms with Gasteiger partial charge in [0.2, 0.25) is 5.91 Å². The summed E-state index contributed by atoms with van der Waals surface area (Å²) in [6.45, 7) is 1.06. The van der Waals surface area contributed by atoms with Crippen LogP contribution in [-0.2, 0) is 14.3 Å². The van der Waals surface area contributed by atoms with E-state index in [0.717, 1.165) is 25.7 Å². The maximum Gasteiger partial charge on any atom is 0.338 e. The third-order valence-electron chi connectivity index (χ3n) is 3.31. The predicted octanol–water partition coefficient (Wildman–Crippen LogP) is 2.62. The molecule has 0 saturated heterocycles. The first-order valence-electron chi connectivity index (χ1n) is 7.27. The number of unbranched alkanes of at least 4 members (excludes halogenated alkanes) is 1. The highest BCUT2D eigenvalue weighted by Gasteiger charge is 2.29. The lowest BCUT2D eigenvalue weighted by atomic mass is 10.2. The first-order valence-corrected chi connectivity index (χ1v) is 7.27. The largest absolute Gasteiger partial charge is 0.462 e. The van der Waals surface area contributed by atoms with Crippen LogP contribution >= 0.6 is 0 Å². The van der Waals surface area contributed by atoms with E-state index in [0.29, 0.717) is 24.5 Å². The number of carbonyl (C=O) groups excluding carboxylic acids is 2. The molecule has 0 spiro atoms. The Hall–Kier alpha value is -1.88. The Bertz CT molecular complexity index is 480. The van der Waals surface area contributed by atoms with Gasteiger partial charge in [0.1, 0.15) is 0 Å². The monoisotopic (exact) mass is 291 g/mol. The summed E-state index contributed by atoms with van der Waals surface area (Å²) in [7, 11) is 1.65. The van der Waals surface area contributed by atoms with Gasteiger partial charge in [-0.25, -0.2) is 4.79 Å². The maximum atomic E-state index is 11.8. The second-order valence-electron chi connectivity index (χ2n) is 5.18. The summed E-state index contributed by atoms with van der Waals surface area (Å²) in [5.74, 6) is -0.113. The highest BCUT2D eigenvalue weighted by molar-refractivity contribution is 5.95. The summed E-state index contributed by atoms with van der Waals surface area (Å²) in [4.78, 5) is 23.4. The lowest BCUT2D eigenvalue weighted by molar-refractivity contribution is -0.117. The smallest absolute Gasteiger partial charge is 0.338 e. The fourth-order valence-corrected chi connectivity index (χ4v) is 1.88. The number of anilines is 1. The van der Waals surface area contributed by atoms with E-state index in [1.807, 2.05) is 0 Å². The summed E-state index contributed by atoms with van der Waals surface area (Å²) in [6, 6.07) is 6.78. The average molecular weight is 291 g/mol. The van der Waals surface area contributed by atoms with Crippen molar-refractivity contribution in [3.63, 3.8) is 0 Å². The highest BCUT2D eigenvalue weighted by atomic mass is 16.5. The van der Waals surface area contributed by atoms with Crippen LogP contribution in [-0.4, -0.2) is 32.2 Å². The van der Waals surface area contributed by atoms with Gasteiger partial charge in [-0.3, -0.25) is 4.79 Å².